The van der Waals surface area contributed by atoms with Crippen LogP contribution in [-0.2, 0) is 9.59 Å². The topological polar surface area (TPSA) is 98.7 Å². The standard InChI is InChI=1S/C11H17N3O4/c1-14-5-2-7(8(14)15)13-10(18)12-6-11(3-4-11)9(16)17/h7H,2-6H2,1H3,(H,16,17)(H2,12,13,18). The summed E-state index contributed by atoms with van der Waals surface area (Å²) < 4.78 is 0. The average Bonchev–Trinajstić information content (AvgIpc) is 3.06. The molecule has 0 aromatic rings. The number of amides is 3. The molecule has 0 spiro atoms. The number of aliphatic carboxylic acids is 1. The van der Waals surface area contributed by atoms with Crippen LogP contribution in [0.1, 0.15) is 19.3 Å². The maximum absolute atomic E-state index is 11.6. The molecule has 0 bridgehead atoms. The molecule has 2 aliphatic rings. The lowest BCUT2D eigenvalue weighted by atomic mass is 10.1. The molecule has 1 saturated carbocycles. The van der Waals surface area contributed by atoms with E-state index in [1.807, 2.05) is 0 Å². The Balaban J connectivity index is 1.76. The second-order valence-electron chi connectivity index (χ2n) is 5.01. The van der Waals surface area contributed by atoms with Crippen molar-refractivity contribution in [2.24, 2.45) is 5.41 Å². The quantitative estimate of drug-likeness (QED) is 0.623. The number of nitrogens with one attached hydrogen (secondary N) is 2. The van der Waals surface area contributed by atoms with Gasteiger partial charge in [0.15, 0.2) is 0 Å². The Labute approximate surface area is 105 Å². The highest BCUT2D eigenvalue weighted by atomic mass is 16.4. The van der Waals surface area contributed by atoms with E-state index < -0.39 is 23.5 Å². The summed E-state index contributed by atoms with van der Waals surface area (Å²) in [5.74, 6) is -0.982. The molecule has 1 aliphatic carbocycles. The highest BCUT2D eigenvalue weighted by molar-refractivity contribution is 5.88. The van der Waals surface area contributed by atoms with Crippen molar-refractivity contribution in [3.63, 3.8) is 0 Å². The van der Waals surface area contributed by atoms with Gasteiger partial charge < -0.3 is 20.6 Å². The molecule has 7 heteroatoms. The summed E-state index contributed by atoms with van der Waals surface area (Å²) in [5.41, 5.74) is -0.784. The van der Waals surface area contributed by atoms with E-state index in [2.05, 4.69) is 10.6 Å². The normalized spacial score (nSPS) is 24.8. The van der Waals surface area contributed by atoms with E-state index in [4.69, 9.17) is 5.11 Å². The third-order valence-electron chi connectivity index (χ3n) is 3.63. The van der Waals surface area contributed by atoms with Crippen molar-refractivity contribution in [2.45, 2.75) is 25.3 Å². The van der Waals surface area contributed by atoms with Gasteiger partial charge in [-0.25, -0.2) is 4.79 Å². The van der Waals surface area contributed by atoms with Crippen LogP contribution in [0.2, 0.25) is 0 Å². The lowest BCUT2D eigenvalue weighted by Crippen LogP contribution is -2.47. The number of carboxylic acids is 1. The van der Waals surface area contributed by atoms with Crippen molar-refractivity contribution in [3.8, 4) is 0 Å². The molecule has 0 aromatic heterocycles. The Morgan fingerprint density at radius 1 is 1.50 bits per heavy atom. The largest absolute Gasteiger partial charge is 0.481 e. The number of likely N-dealkylation sites (N-methyl/N-ethyl adjacent to an activating group) is 1. The first kappa shape index (κ1) is 12.7. The fraction of sp³-hybridized carbons (Fsp3) is 0.727. The van der Waals surface area contributed by atoms with Crippen LogP contribution in [0.25, 0.3) is 0 Å². The zero-order chi connectivity index (χ0) is 13.3. The Morgan fingerprint density at radius 2 is 2.17 bits per heavy atom. The zero-order valence-corrected chi connectivity index (χ0v) is 10.2. The van der Waals surface area contributed by atoms with Gasteiger partial charge in [-0.1, -0.05) is 0 Å². The average molecular weight is 255 g/mol. The Morgan fingerprint density at radius 3 is 2.61 bits per heavy atom. The van der Waals surface area contributed by atoms with Crippen LogP contribution in [-0.4, -0.2) is 54.1 Å². The Bertz CT molecular complexity index is 392. The fourth-order valence-corrected chi connectivity index (χ4v) is 2.03. The minimum Gasteiger partial charge on any atom is -0.481 e. The van der Waals surface area contributed by atoms with Crippen molar-refractivity contribution in [1.29, 1.82) is 0 Å². The van der Waals surface area contributed by atoms with Crippen molar-refractivity contribution in [2.75, 3.05) is 20.1 Å². The predicted octanol–water partition coefficient (Wildman–Crippen LogP) is -0.619. The predicted molar refractivity (Wildman–Crippen MR) is 61.9 cm³/mol. The van der Waals surface area contributed by atoms with E-state index >= 15 is 0 Å². The summed E-state index contributed by atoms with van der Waals surface area (Å²) in [4.78, 5) is 35.6. The monoisotopic (exact) mass is 255 g/mol. The molecule has 18 heavy (non-hydrogen) atoms. The number of hydrogen-bond acceptors (Lipinski definition) is 3. The van der Waals surface area contributed by atoms with Gasteiger partial charge in [0.05, 0.1) is 5.41 Å². The lowest BCUT2D eigenvalue weighted by molar-refractivity contribution is -0.143. The molecule has 2 rings (SSSR count). The maximum Gasteiger partial charge on any atom is 0.315 e. The molecule has 3 N–H and O–H groups in total. The number of urea groups is 1. The van der Waals surface area contributed by atoms with Crippen molar-refractivity contribution in [3.05, 3.63) is 0 Å². The van der Waals surface area contributed by atoms with Crippen LogP contribution in [0.4, 0.5) is 4.79 Å². The summed E-state index contributed by atoms with van der Waals surface area (Å²) in [6.45, 7) is 0.744. The molecule has 1 unspecified atom stereocenters. The van der Waals surface area contributed by atoms with E-state index in [-0.39, 0.29) is 12.5 Å². The van der Waals surface area contributed by atoms with Gasteiger partial charge in [-0.15, -0.1) is 0 Å². The first-order chi connectivity index (χ1) is 8.44. The SMILES string of the molecule is CN1CCC(NC(=O)NCC2(C(=O)O)CC2)C1=O. The molecule has 1 aliphatic heterocycles. The second-order valence-corrected chi connectivity index (χ2v) is 5.01. The number of nitrogens with zero attached hydrogens (tertiary/aromatic N) is 1. The van der Waals surface area contributed by atoms with Gasteiger partial charge in [0, 0.05) is 20.1 Å². The molecular weight excluding hydrogens is 238 g/mol. The number of carboxylic acid groups (broad SMARTS) is 1. The smallest absolute Gasteiger partial charge is 0.315 e. The molecule has 1 saturated heterocycles. The number of likely N-dealkylation sites (tertiary alicyclic amines) is 1. The van der Waals surface area contributed by atoms with Crippen LogP contribution in [0.3, 0.4) is 0 Å². The summed E-state index contributed by atoms with van der Waals surface area (Å²) in [6.07, 6.45) is 1.77. The second kappa shape index (κ2) is 4.47. The van der Waals surface area contributed by atoms with E-state index in [1.54, 1.807) is 11.9 Å². The molecule has 7 nitrogen and oxygen atoms in total. The van der Waals surface area contributed by atoms with Crippen LogP contribution in [0, 0.1) is 5.41 Å². The summed E-state index contributed by atoms with van der Waals surface area (Å²) >= 11 is 0. The van der Waals surface area contributed by atoms with Crippen molar-refractivity contribution >= 4 is 17.9 Å². The molecule has 2 fully saturated rings. The van der Waals surface area contributed by atoms with Gasteiger partial charge in [-0.05, 0) is 19.3 Å². The van der Waals surface area contributed by atoms with Crippen molar-refractivity contribution in [1.82, 2.24) is 15.5 Å². The molecule has 1 atom stereocenters. The molecule has 0 aromatic carbocycles. The minimum absolute atomic E-state index is 0.107. The maximum atomic E-state index is 11.6. The van der Waals surface area contributed by atoms with Gasteiger partial charge in [-0.2, -0.15) is 0 Å². The number of rotatable bonds is 4. The number of hydrogen-bond donors (Lipinski definition) is 3. The lowest BCUT2D eigenvalue weighted by Gasteiger charge is -2.15. The fourth-order valence-electron chi connectivity index (χ4n) is 2.03. The van der Waals surface area contributed by atoms with Gasteiger partial charge in [0.1, 0.15) is 6.04 Å². The molecule has 1 heterocycles. The Kier molecular flexibility index (Phi) is 3.14. The first-order valence-electron chi connectivity index (χ1n) is 5.97. The minimum atomic E-state index is -0.875. The summed E-state index contributed by atoms with van der Waals surface area (Å²) in [7, 11) is 1.69. The highest BCUT2D eigenvalue weighted by Gasteiger charge is 2.50. The number of carbonyl (C=O) groups is 3. The van der Waals surface area contributed by atoms with E-state index in [1.165, 1.54) is 0 Å². The number of carbonyl (C=O) groups excluding carboxylic acids is 2. The summed E-state index contributed by atoms with van der Waals surface area (Å²) in [6, 6.07) is -0.967. The van der Waals surface area contributed by atoms with Gasteiger partial charge in [-0.3, -0.25) is 9.59 Å². The molecule has 3 amide bonds. The van der Waals surface area contributed by atoms with Crippen molar-refractivity contribution < 1.29 is 19.5 Å². The zero-order valence-electron chi connectivity index (χ0n) is 10.2. The third kappa shape index (κ3) is 2.39. The summed E-state index contributed by atoms with van der Waals surface area (Å²) in [5, 5.41) is 14.0. The van der Waals surface area contributed by atoms with Crippen LogP contribution in [0.15, 0.2) is 0 Å². The third-order valence-corrected chi connectivity index (χ3v) is 3.63. The van der Waals surface area contributed by atoms with Gasteiger partial charge in [0.25, 0.3) is 0 Å². The molecule has 100 valence electrons. The van der Waals surface area contributed by atoms with Crippen LogP contribution < -0.4 is 10.6 Å². The molecule has 0 radical (unpaired) electrons. The van der Waals surface area contributed by atoms with Crippen LogP contribution in [0.5, 0.6) is 0 Å². The van der Waals surface area contributed by atoms with E-state index in [0.717, 1.165) is 0 Å². The van der Waals surface area contributed by atoms with Crippen LogP contribution >= 0.6 is 0 Å². The van der Waals surface area contributed by atoms with Gasteiger partial charge in [0.2, 0.25) is 5.91 Å². The molecular formula is C11H17N3O4. The van der Waals surface area contributed by atoms with E-state index in [0.29, 0.717) is 25.8 Å². The first-order valence-corrected chi connectivity index (χ1v) is 5.97. The highest BCUT2D eigenvalue weighted by Crippen LogP contribution is 2.45. The Hall–Kier alpha value is -1.79. The van der Waals surface area contributed by atoms with Gasteiger partial charge >= 0.3 is 12.0 Å². The van der Waals surface area contributed by atoms with E-state index in [9.17, 15) is 14.4 Å².